The van der Waals surface area contributed by atoms with Gasteiger partial charge in [-0.05, 0) is 83.9 Å². The first-order chi connectivity index (χ1) is 25.7. The van der Waals surface area contributed by atoms with E-state index in [9.17, 15) is 19.2 Å². The lowest BCUT2D eigenvalue weighted by atomic mass is 10.2. The second-order valence-electron chi connectivity index (χ2n) is 10.5. The van der Waals surface area contributed by atoms with Crippen molar-refractivity contribution in [2.75, 3.05) is 21.7 Å². The Morgan fingerprint density at radius 3 is 1.32 bits per heavy atom. The number of pyridine rings is 2. The normalized spacial score (nSPS) is 9.74. The van der Waals surface area contributed by atoms with Crippen LogP contribution in [0.5, 0.6) is 0 Å². The number of carboxylic acid groups (broad SMARTS) is 1. The van der Waals surface area contributed by atoms with Gasteiger partial charge in [0.2, 0.25) is 0 Å². The van der Waals surface area contributed by atoms with Crippen LogP contribution in [0.4, 0.5) is 32.3 Å². The molecule has 268 valence electrons. The number of carbonyl (C=O) groups is 4. The van der Waals surface area contributed by atoms with Crippen LogP contribution >= 0.6 is 0 Å². The van der Waals surface area contributed by atoms with Crippen LogP contribution in [0.3, 0.4) is 0 Å². The predicted molar refractivity (Wildman–Crippen MR) is 196 cm³/mol. The second-order valence-corrected chi connectivity index (χ2v) is 10.5. The molecule has 5 amide bonds. The van der Waals surface area contributed by atoms with E-state index in [1.807, 2.05) is 24.3 Å². The maximum absolute atomic E-state index is 12.1. The number of nitrogens with zero attached hydrogens (tertiary/aromatic N) is 6. The number of aromatic carboxylic acids is 1. The van der Waals surface area contributed by atoms with Crippen molar-refractivity contribution < 1.29 is 24.3 Å². The third-order valence-corrected chi connectivity index (χ3v) is 6.60. The molecule has 0 aliphatic carbocycles. The molecule has 17 nitrogen and oxygen atoms in total. The number of urea groups is 2. The smallest absolute Gasteiger partial charge is 0.335 e. The lowest BCUT2D eigenvalue weighted by molar-refractivity contribution is 0.0696. The number of nitrogen functional groups attached to an aromatic ring is 1. The molecule has 0 fully saturated rings. The van der Waals surface area contributed by atoms with Gasteiger partial charge in [-0.3, -0.25) is 14.8 Å². The molecule has 2 aromatic carbocycles. The zero-order valence-corrected chi connectivity index (χ0v) is 28.0. The van der Waals surface area contributed by atoms with Gasteiger partial charge in [-0.2, -0.15) is 0 Å². The van der Waals surface area contributed by atoms with Gasteiger partial charge in [-0.1, -0.05) is 0 Å². The number of carbonyl (C=O) groups excluding carboxylic acids is 3. The van der Waals surface area contributed by atoms with Gasteiger partial charge in [0.15, 0.2) is 0 Å². The molecule has 6 rings (SSSR count). The molecule has 53 heavy (non-hydrogen) atoms. The highest BCUT2D eigenvalue weighted by Gasteiger charge is 2.08. The molecule has 0 bridgehead atoms. The summed E-state index contributed by atoms with van der Waals surface area (Å²) in [7, 11) is 0. The molecular formula is C36H34N12O5. The van der Waals surface area contributed by atoms with Gasteiger partial charge in [0.1, 0.15) is 12.7 Å². The van der Waals surface area contributed by atoms with Crippen molar-refractivity contribution in [2.24, 2.45) is 0 Å². The molecule has 4 heterocycles. The second kappa shape index (κ2) is 20.6. The Morgan fingerprint density at radius 1 is 0.509 bits per heavy atom. The lowest BCUT2D eigenvalue weighted by Gasteiger charge is -2.09. The Morgan fingerprint density at radius 2 is 0.925 bits per heavy atom. The molecule has 0 atom stereocenters. The zero-order chi connectivity index (χ0) is 37.7. The van der Waals surface area contributed by atoms with E-state index in [0.717, 1.165) is 11.1 Å². The van der Waals surface area contributed by atoms with E-state index in [0.29, 0.717) is 41.4 Å². The summed E-state index contributed by atoms with van der Waals surface area (Å²) in [6.07, 6.45) is 15.6. The molecule has 0 spiro atoms. The maximum Gasteiger partial charge on any atom is 0.335 e. The summed E-state index contributed by atoms with van der Waals surface area (Å²) in [4.78, 5) is 69.2. The molecule has 0 unspecified atom stereocenters. The average Bonchev–Trinajstić information content (AvgIpc) is 3.19. The first-order valence-electron chi connectivity index (χ1n) is 15.6. The number of nitrogens with one attached hydrogen (secondary N) is 5. The highest BCUT2D eigenvalue weighted by Crippen LogP contribution is 2.12. The third-order valence-electron chi connectivity index (χ3n) is 6.60. The fourth-order valence-corrected chi connectivity index (χ4v) is 4.00. The molecule has 17 heteroatoms. The number of amides is 5. The lowest BCUT2D eigenvalue weighted by Crippen LogP contribution is -2.28. The number of aromatic nitrogens is 6. The van der Waals surface area contributed by atoms with Crippen LogP contribution in [0.1, 0.15) is 31.8 Å². The molecule has 0 radical (unpaired) electrons. The van der Waals surface area contributed by atoms with Crippen LogP contribution in [0.15, 0.2) is 135 Å². The van der Waals surface area contributed by atoms with Crippen molar-refractivity contribution in [3.8, 4) is 0 Å². The van der Waals surface area contributed by atoms with Gasteiger partial charge in [-0.15, -0.1) is 0 Å². The minimum atomic E-state index is -1.00. The summed E-state index contributed by atoms with van der Waals surface area (Å²) in [6.45, 7) is 0.787. The summed E-state index contributed by atoms with van der Waals surface area (Å²) in [5.74, 6) is -1.29. The molecule has 0 aliphatic rings. The fraction of sp³-hybridized carbons (Fsp3) is 0.0556. The van der Waals surface area contributed by atoms with Gasteiger partial charge < -0.3 is 37.4 Å². The van der Waals surface area contributed by atoms with E-state index in [1.165, 1.54) is 49.3 Å². The first kappa shape index (κ1) is 38.0. The van der Waals surface area contributed by atoms with Gasteiger partial charge in [0.25, 0.3) is 5.91 Å². The fourth-order valence-electron chi connectivity index (χ4n) is 4.00. The van der Waals surface area contributed by atoms with Crippen LogP contribution in [-0.4, -0.2) is 58.9 Å². The van der Waals surface area contributed by atoms with E-state index >= 15 is 0 Å². The number of hydrogen-bond acceptors (Lipinski definition) is 11. The summed E-state index contributed by atoms with van der Waals surface area (Å²) in [5, 5.41) is 22.2. The van der Waals surface area contributed by atoms with Crippen LogP contribution in [0.2, 0.25) is 0 Å². The van der Waals surface area contributed by atoms with Gasteiger partial charge in [0.05, 0.1) is 41.7 Å². The number of rotatable bonds is 9. The minimum absolute atomic E-state index is 0.174. The largest absolute Gasteiger partial charge is 0.478 e. The summed E-state index contributed by atoms with van der Waals surface area (Å²) in [6, 6.07) is 19.1. The molecular weight excluding hydrogens is 680 g/mol. The third kappa shape index (κ3) is 14.3. The molecule has 8 N–H and O–H groups in total. The molecule has 0 saturated heterocycles. The highest BCUT2D eigenvalue weighted by molar-refractivity contribution is 6.04. The topological polar surface area (TPSA) is 252 Å². The average molecular weight is 715 g/mol. The minimum Gasteiger partial charge on any atom is -0.478 e. The number of benzene rings is 2. The van der Waals surface area contributed by atoms with Crippen molar-refractivity contribution in [3.05, 3.63) is 157 Å². The Labute approximate surface area is 303 Å². The molecule has 6 aromatic rings. The van der Waals surface area contributed by atoms with Crippen molar-refractivity contribution in [2.45, 2.75) is 13.1 Å². The van der Waals surface area contributed by atoms with E-state index in [4.69, 9.17) is 10.8 Å². The number of nitrogens with two attached hydrogens (primary N) is 1. The van der Waals surface area contributed by atoms with E-state index < -0.39 is 5.97 Å². The maximum atomic E-state index is 12.1. The Balaban J connectivity index is 0.000000204. The van der Waals surface area contributed by atoms with Crippen LogP contribution in [0, 0.1) is 0 Å². The Bertz CT molecular complexity index is 2030. The highest BCUT2D eigenvalue weighted by atomic mass is 16.4. The van der Waals surface area contributed by atoms with Crippen LogP contribution in [0.25, 0.3) is 0 Å². The molecule has 0 saturated carbocycles. The molecule has 0 aliphatic heterocycles. The van der Waals surface area contributed by atoms with Gasteiger partial charge in [-0.25, -0.2) is 34.3 Å². The summed E-state index contributed by atoms with van der Waals surface area (Å²) in [5.41, 5.74) is 9.97. The summed E-state index contributed by atoms with van der Waals surface area (Å²) >= 11 is 0. The quantitative estimate of drug-likeness (QED) is 0.108. The Hall–Kier alpha value is -7.82. The SMILES string of the molecule is Nc1cncnc1.O=C(NCc1ccncc1)Nc1ccc(C(=O)Nc2cncnc2)cc1.O=C(NCc1ccncc1)Nc1ccc(C(=O)O)cc1. The van der Waals surface area contributed by atoms with Crippen molar-refractivity contribution in [1.29, 1.82) is 0 Å². The molecule has 4 aromatic heterocycles. The first-order valence-corrected chi connectivity index (χ1v) is 15.6. The van der Waals surface area contributed by atoms with Crippen molar-refractivity contribution >= 4 is 46.7 Å². The number of carboxylic acids is 1. The number of hydrogen-bond donors (Lipinski definition) is 7. The van der Waals surface area contributed by atoms with Crippen LogP contribution in [-0.2, 0) is 13.1 Å². The number of anilines is 4. The Kier molecular flexibility index (Phi) is 14.8. The monoisotopic (exact) mass is 714 g/mol. The van der Waals surface area contributed by atoms with E-state index in [1.54, 1.807) is 61.4 Å². The standard InChI is InChI=1S/C18H16N6O2.C14H13N3O3.C4H5N3/c25-17(23-16-10-20-12-21-11-16)14-1-3-15(4-2-14)24-18(26)22-9-13-5-7-19-8-6-13;18-13(19)11-1-3-12(4-2-11)17-14(20)16-9-10-5-7-15-8-6-10;5-4-1-6-3-7-2-4/h1-8,10-12H,9H2,(H,23,25)(H2,22,24,26);1-8H,9H2,(H,18,19)(H2,16,17,20);1-3H,5H2. The van der Waals surface area contributed by atoms with Crippen molar-refractivity contribution in [3.63, 3.8) is 0 Å². The summed E-state index contributed by atoms with van der Waals surface area (Å²) < 4.78 is 0. The van der Waals surface area contributed by atoms with Crippen molar-refractivity contribution in [1.82, 2.24) is 40.5 Å². The van der Waals surface area contributed by atoms with E-state index in [-0.39, 0.29) is 23.5 Å². The predicted octanol–water partition coefficient (Wildman–Crippen LogP) is 4.61. The van der Waals surface area contributed by atoms with E-state index in [2.05, 4.69) is 56.5 Å². The van der Waals surface area contributed by atoms with Crippen LogP contribution < -0.4 is 32.3 Å². The van der Waals surface area contributed by atoms with Gasteiger partial charge in [0, 0.05) is 54.8 Å². The van der Waals surface area contributed by atoms with Gasteiger partial charge >= 0.3 is 18.0 Å². The zero-order valence-electron chi connectivity index (χ0n) is 28.0.